The number of likely N-dealkylation sites (N-methyl/N-ethyl adjacent to an activating group) is 1. The van der Waals surface area contributed by atoms with Crippen molar-refractivity contribution in [3.63, 3.8) is 0 Å². The Kier molecular flexibility index (Phi) is 8.27. The van der Waals surface area contributed by atoms with E-state index >= 15 is 0 Å². The molecule has 0 fully saturated rings. The van der Waals surface area contributed by atoms with E-state index in [1.165, 1.54) is 4.90 Å². The largest absolute Gasteiger partial charge is 0.493 e. The molecule has 0 atom stereocenters. The molecule has 162 valence electrons. The number of carbonyl (C=O) groups excluding carboxylic acids is 2. The van der Waals surface area contributed by atoms with Crippen molar-refractivity contribution < 1.29 is 19.1 Å². The van der Waals surface area contributed by atoms with Gasteiger partial charge >= 0.3 is 0 Å². The Bertz CT molecular complexity index is 893. The van der Waals surface area contributed by atoms with Gasteiger partial charge in [0.2, 0.25) is 5.91 Å². The van der Waals surface area contributed by atoms with Crippen LogP contribution in [-0.2, 0) is 4.79 Å². The van der Waals surface area contributed by atoms with Gasteiger partial charge in [0.1, 0.15) is 0 Å². The minimum atomic E-state index is -0.266. The molecule has 0 spiro atoms. The molecule has 2 amide bonds. The molecular formula is C24H32N2O4. The van der Waals surface area contributed by atoms with Crippen LogP contribution in [0.25, 0.3) is 0 Å². The third-order valence-electron chi connectivity index (χ3n) is 4.97. The van der Waals surface area contributed by atoms with E-state index in [1.54, 1.807) is 32.4 Å². The number of nitrogens with one attached hydrogen (secondary N) is 1. The van der Waals surface area contributed by atoms with Crippen LogP contribution in [0.5, 0.6) is 11.5 Å². The van der Waals surface area contributed by atoms with Crippen LogP contribution >= 0.6 is 0 Å². The van der Waals surface area contributed by atoms with Gasteiger partial charge in [-0.05, 0) is 61.6 Å². The molecule has 30 heavy (non-hydrogen) atoms. The number of ether oxygens (including phenoxy) is 2. The van der Waals surface area contributed by atoms with Crippen molar-refractivity contribution in [2.75, 3.05) is 32.6 Å². The Morgan fingerprint density at radius 3 is 2.50 bits per heavy atom. The lowest BCUT2D eigenvalue weighted by Crippen LogP contribution is -2.35. The second kappa shape index (κ2) is 10.7. The molecule has 0 unspecified atom stereocenters. The molecule has 2 aromatic carbocycles. The highest BCUT2D eigenvalue weighted by Gasteiger charge is 2.18. The summed E-state index contributed by atoms with van der Waals surface area (Å²) in [7, 11) is 3.14. The molecule has 6 heteroatoms. The first-order chi connectivity index (χ1) is 14.2. The number of carbonyl (C=O) groups is 2. The lowest BCUT2D eigenvalue weighted by atomic mass is 10.1. The second-order valence-electron chi connectivity index (χ2n) is 7.85. The van der Waals surface area contributed by atoms with Gasteiger partial charge < -0.3 is 19.7 Å². The van der Waals surface area contributed by atoms with Crippen LogP contribution in [0.1, 0.15) is 41.8 Å². The molecule has 2 rings (SSSR count). The summed E-state index contributed by atoms with van der Waals surface area (Å²) in [5.41, 5.74) is 3.30. The van der Waals surface area contributed by atoms with Crippen LogP contribution < -0.4 is 14.8 Å². The lowest BCUT2D eigenvalue weighted by Gasteiger charge is -2.19. The third kappa shape index (κ3) is 6.24. The minimum absolute atomic E-state index is 0.0544. The van der Waals surface area contributed by atoms with Gasteiger partial charge in [-0.15, -0.1) is 0 Å². The Morgan fingerprint density at radius 2 is 1.83 bits per heavy atom. The molecule has 1 N–H and O–H groups in total. The zero-order valence-electron chi connectivity index (χ0n) is 18.7. The van der Waals surface area contributed by atoms with Crippen molar-refractivity contribution in [1.82, 2.24) is 4.90 Å². The van der Waals surface area contributed by atoms with Gasteiger partial charge in [-0.1, -0.05) is 26.0 Å². The smallest absolute Gasteiger partial charge is 0.254 e. The van der Waals surface area contributed by atoms with E-state index in [1.807, 2.05) is 32.0 Å². The van der Waals surface area contributed by atoms with Crippen LogP contribution in [-0.4, -0.2) is 44.0 Å². The average Bonchev–Trinajstić information content (AvgIpc) is 2.70. The first-order valence-corrected chi connectivity index (χ1v) is 10.1. The normalized spacial score (nSPS) is 10.6. The first-order valence-electron chi connectivity index (χ1n) is 10.1. The Balaban J connectivity index is 2.02. The van der Waals surface area contributed by atoms with Gasteiger partial charge in [0.25, 0.3) is 5.91 Å². The van der Waals surface area contributed by atoms with Gasteiger partial charge in [-0.3, -0.25) is 9.59 Å². The topological polar surface area (TPSA) is 67.9 Å². The quantitative estimate of drug-likeness (QED) is 0.661. The number of anilines is 1. The number of rotatable bonds is 9. The molecule has 0 aliphatic heterocycles. The molecular weight excluding hydrogens is 380 g/mol. The van der Waals surface area contributed by atoms with Crippen LogP contribution in [0.4, 0.5) is 5.69 Å². The summed E-state index contributed by atoms with van der Waals surface area (Å²) < 4.78 is 11.2. The molecule has 6 nitrogen and oxygen atoms in total. The SMILES string of the molecule is COc1cc(C(=O)N(C)CC(=O)Nc2cccc(C)c2C)ccc1OCCC(C)C. The summed E-state index contributed by atoms with van der Waals surface area (Å²) in [6.45, 7) is 8.74. The fourth-order valence-electron chi connectivity index (χ4n) is 2.91. The molecule has 0 saturated carbocycles. The van der Waals surface area contributed by atoms with Gasteiger partial charge in [-0.2, -0.15) is 0 Å². The van der Waals surface area contributed by atoms with Crippen molar-refractivity contribution >= 4 is 17.5 Å². The molecule has 0 aliphatic rings. The average molecular weight is 413 g/mol. The number of amides is 2. The summed E-state index contributed by atoms with van der Waals surface area (Å²) in [5, 5.41) is 2.87. The number of nitrogens with zero attached hydrogens (tertiary/aromatic N) is 1. The summed E-state index contributed by atoms with van der Waals surface area (Å²) in [4.78, 5) is 26.6. The maximum atomic E-state index is 12.8. The zero-order valence-corrected chi connectivity index (χ0v) is 18.7. The maximum Gasteiger partial charge on any atom is 0.254 e. The van der Waals surface area contributed by atoms with Crippen molar-refractivity contribution in [2.45, 2.75) is 34.1 Å². The number of hydrogen-bond donors (Lipinski definition) is 1. The fourth-order valence-corrected chi connectivity index (χ4v) is 2.91. The molecule has 0 aromatic heterocycles. The first kappa shape index (κ1) is 23.3. The fraction of sp³-hybridized carbons (Fsp3) is 0.417. The zero-order chi connectivity index (χ0) is 22.3. The van der Waals surface area contributed by atoms with Crippen LogP contribution in [0.2, 0.25) is 0 Å². The van der Waals surface area contributed by atoms with E-state index in [4.69, 9.17) is 9.47 Å². The van der Waals surface area contributed by atoms with Gasteiger partial charge in [-0.25, -0.2) is 0 Å². The summed E-state index contributed by atoms with van der Waals surface area (Å²) >= 11 is 0. The minimum Gasteiger partial charge on any atom is -0.493 e. The number of aryl methyl sites for hydroxylation is 1. The highest BCUT2D eigenvalue weighted by molar-refractivity contribution is 5.99. The van der Waals surface area contributed by atoms with E-state index in [-0.39, 0.29) is 18.4 Å². The maximum absolute atomic E-state index is 12.8. The summed E-state index contributed by atoms with van der Waals surface area (Å²) in [6.07, 6.45) is 0.933. The number of hydrogen-bond acceptors (Lipinski definition) is 4. The monoisotopic (exact) mass is 412 g/mol. The van der Waals surface area contributed by atoms with Gasteiger partial charge in [0, 0.05) is 18.3 Å². The summed E-state index contributed by atoms with van der Waals surface area (Å²) in [6, 6.07) is 10.8. The van der Waals surface area contributed by atoms with Crippen molar-refractivity contribution in [2.24, 2.45) is 5.92 Å². The van der Waals surface area contributed by atoms with E-state index in [0.717, 1.165) is 23.2 Å². The molecule has 2 aromatic rings. The van der Waals surface area contributed by atoms with Gasteiger partial charge in [0.05, 0.1) is 20.3 Å². The van der Waals surface area contributed by atoms with E-state index in [0.29, 0.717) is 29.6 Å². The predicted octanol–water partition coefficient (Wildman–Crippen LogP) is 4.45. The Hall–Kier alpha value is -3.02. The molecule has 0 bridgehead atoms. The van der Waals surface area contributed by atoms with Crippen LogP contribution in [0, 0.1) is 19.8 Å². The molecule has 0 aliphatic carbocycles. The van der Waals surface area contributed by atoms with Crippen LogP contribution in [0.15, 0.2) is 36.4 Å². The Labute approximate surface area is 179 Å². The van der Waals surface area contributed by atoms with E-state index in [2.05, 4.69) is 19.2 Å². The van der Waals surface area contributed by atoms with Gasteiger partial charge in [0.15, 0.2) is 11.5 Å². The summed E-state index contributed by atoms with van der Waals surface area (Å²) in [5.74, 6) is 1.13. The van der Waals surface area contributed by atoms with E-state index in [9.17, 15) is 9.59 Å². The molecule has 0 saturated heterocycles. The van der Waals surface area contributed by atoms with E-state index < -0.39 is 0 Å². The highest BCUT2D eigenvalue weighted by atomic mass is 16.5. The second-order valence-corrected chi connectivity index (χ2v) is 7.85. The molecule has 0 heterocycles. The number of benzene rings is 2. The lowest BCUT2D eigenvalue weighted by molar-refractivity contribution is -0.116. The third-order valence-corrected chi connectivity index (χ3v) is 4.97. The number of methoxy groups -OCH3 is 1. The van der Waals surface area contributed by atoms with Crippen molar-refractivity contribution in [3.05, 3.63) is 53.1 Å². The Morgan fingerprint density at radius 1 is 1.10 bits per heavy atom. The van der Waals surface area contributed by atoms with Crippen LogP contribution in [0.3, 0.4) is 0 Å². The molecule has 0 radical (unpaired) electrons. The standard InChI is InChI=1S/C24H32N2O4/c1-16(2)12-13-30-21-11-10-19(14-22(21)29-6)24(28)26(5)15-23(27)25-20-9-7-8-17(3)18(20)4/h7-11,14,16H,12-13,15H2,1-6H3,(H,25,27). The highest BCUT2D eigenvalue weighted by Crippen LogP contribution is 2.29. The van der Waals surface area contributed by atoms with Crippen molar-refractivity contribution in [3.8, 4) is 11.5 Å². The predicted molar refractivity (Wildman–Crippen MR) is 119 cm³/mol. The van der Waals surface area contributed by atoms with Crippen molar-refractivity contribution in [1.29, 1.82) is 0 Å².